The van der Waals surface area contributed by atoms with Crippen molar-refractivity contribution in [3.63, 3.8) is 0 Å². The van der Waals surface area contributed by atoms with Crippen LogP contribution in [0.3, 0.4) is 0 Å². The van der Waals surface area contributed by atoms with Gasteiger partial charge in [0, 0.05) is 30.7 Å². The zero-order chi connectivity index (χ0) is 38.0. The SMILES string of the molecule is C=C(C)[C@]12C[C@@H](C)[C@@]34O[C@](CCCCCCCCCCCCC)(O[C@@H]1[C@@H]3C=C(COC(=O)Cc1cc(OC)cc(OC)c1)C[C@]1(O)C(=O)C(C)=C[C@@H]41)O2. The Kier molecular flexibility index (Phi) is 12.0. The van der Waals surface area contributed by atoms with E-state index in [1.54, 1.807) is 39.3 Å². The smallest absolute Gasteiger partial charge is 0.310 e. The Morgan fingerprint density at radius 3 is 2.17 bits per heavy atom. The van der Waals surface area contributed by atoms with Crippen LogP contribution in [-0.4, -0.2) is 66.6 Å². The second kappa shape index (κ2) is 16.0. The predicted octanol–water partition coefficient (Wildman–Crippen LogP) is 8.51. The number of carbonyl (C=O) groups excluding carboxylic acids is 2. The van der Waals surface area contributed by atoms with Crippen molar-refractivity contribution in [1.29, 1.82) is 0 Å². The largest absolute Gasteiger partial charge is 0.497 e. The minimum absolute atomic E-state index is 0.000746. The molecule has 1 N–H and O–H groups in total. The molecule has 0 unspecified atom stereocenters. The third-order valence-electron chi connectivity index (χ3n) is 12.7. The maximum Gasteiger partial charge on any atom is 0.310 e. The predicted molar refractivity (Wildman–Crippen MR) is 203 cm³/mol. The third-order valence-corrected chi connectivity index (χ3v) is 12.7. The molecule has 3 aliphatic carbocycles. The van der Waals surface area contributed by atoms with Gasteiger partial charge < -0.3 is 33.5 Å². The maximum absolute atomic E-state index is 13.9. The van der Waals surface area contributed by atoms with E-state index in [0.717, 1.165) is 24.8 Å². The summed E-state index contributed by atoms with van der Waals surface area (Å²) in [6.07, 6.45) is 18.2. The van der Waals surface area contributed by atoms with Crippen LogP contribution in [-0.2, 0) is 35.0 Å². The first-order valence-corrected chi connectivity index (χ1v) is 20.1. The molecule has 0 amide bonds. The molecule has 0 radical (unpaired) electrons. The van der Waals surface area contributed by atoms with Crippen molar-refractivity contribution in [1.82, 2.24) is 0 Å². The number of benzene rings is 1. The van der Waals surface area contributed by atoms with E-state index in [1.807, 2.05) is 19.1 Å². The number of aliphatic hydroxyl groups is 1. The molecule has 1 aromatic rings. The van der Waals surface area contributed by atoms with Crippen molar-refractivity contribution < 1.29 is 43.1 Å². The molecule has 1 aromatic carbocycles. The second-order valence-corrected chi connectivity index (χ2v) is 16.5. The number of hydrogen-bond donors (Lipinski definition) is 1. The summed E-state index contributed by atoms with van der Waals surface area (Å²) in [5, 5.41) is 12.5. The van der Waals surface area contributed by atoms with Gasteiger partial charge in [-0.15, -0.1) is 0 Å². The highest BCUT2D eigenvalue weighted by Crippen LogP contribution is 2.68. The molecule has 2 aliphatic heterocycles. The first kappa shape index (κ1) is 39.7. The highest BCUT2D eigenvalue weighted by Gasteiger charge is 2.79. The van der Waals surface area contributed by atoms with Gasteiger partial charge in [0.15, 0.2) is 5.78 Å². The first-order chi connectivity index (χ1) is 25.4. The number of esters is 1. The fraction of sp³-hybridized carbons (Fsp3) is 0.682. The van der Waals surface area contributed by atoms with E-state index >= 15 is 0 Å². The Labute approximate surface area is 316 Å². The molecule has 2 saturated heterocycles. The van der Waals surface area contributed by atoms with Crippen molar-refractivity contribution in [3.8, 4) is 11.5 Å². The monoisotopic (exact) mass is 734 g/mol. The molecule has 0 aromatic heterocycles. The number of ether oxygens (including phenoxy) is 6. The van der Waals surface area contributed by atoms with Crippen molar-refractivity contribution in [2.24, 2.45) is 17.8 Å². The van der Waals surface area contributed by atoms with Crippen molar-refractivity contribution in [2.75, 3.05) is 20.8 Å². The Bertz CT molecular complexity index is 1570. The van der Waals surface area contributed by atoms with Gasteiger partial charge in [0.1, 0.15) is 35.4 Å². The van der Waals surface area contributed by atoms with Crippen LogP contribution in [0.5, 0.6) is 11.5 Å². The van der Waals surface area contributed by atoms with Gasteiger partial charge in [0.2, 0.25) is 0 Å². The minimum atomic E-state index is -1.76. The van der Waals surface area contributed by atoms with Crippen molar-refractivity contribution in [3.05, 3.63) is 59.2 Å². The quantitative estimate of drug-likeness (QED) is 0.0850. The lowest BCUT2D eigenvalue weighted by molar-refractivity contribution is -0.424. The number of fused-ring (bicyclic) bond motifs is 2. The van der Waals surface area contributed by atoms with Crippen LogP contribution in [0.15, 0.2) is 53.6 Å². The van der Waals surface area contributed by atoms with Gasteiger partial charge in [0.25, 0.3) is 5.97 Å². The summed E-state index contributed by atoms with van der Waals surface area (Å²) in [7, 11) is 3.12. The van der Waals surface area contributed by atoms with E-state index in [-0.39, 0.29) is 37.1 Å². The topological polar surface area (TPSA) is 110 Å². The van der Waals surface area contributed by atoms with E-state index < -0.39 is 40.8 Å². The number of carbonyl (C=O) groups is 2. The lowest BCUT2D eigenvalue weighted by Gasteiger charge is -2.59. The molecule has 3 fully saturated rings. The number of rotatable bonds is 19. The van der Waals surface area contributed by atoms with Crippen LogP contribution in [0.25, 0.3) is 0 Å². The van der Waals surface area contributed by atoms with E-state index in [2.05, 4.69) is 20.4 Å². The zero-order valence-electron chi connectivity index (χ0n) is 32.9. The molecular weight excluding hydrogens is 672 g/mol. The number of unbranched alkanes of at least 4 members (excludes halogenated alkanes) is 10. The Hall–Kier alpha value is -2.98. The molecule has 3 bridgehead atoms. The average Bonchev–Trinajstić information content (AvgIpc) is 3.44. The second-order valence-electron chi connectivity index (χ2n) is 16.5. The molecule has 9 nitrogen and oxygen atoms in total. The minimum Gasteiger partial charge on any atom is -0.497 e. The van der Waals surface area contributed by atoms with E-state index in [4.69, 9.17) is 28.4 Å². The van der Waals surface area contributed by atoms with Gasteiger partial charge in [-0.05, 0) is 67.0 Å². The van der Waals surface area contributed by atoms with Gasteiger partial charge in [-0.1, -0.05) is 96.8 Å². The van der Waals surface area contributed by atoms with E-state index in [0.29, 0.717) is 41.1 Å². The molecule has 5 aliphatic rings. The third kappa shape index (κ3) is 7.40. The van der Waals surface area contributed by atoms with Crippen molar-refractivity contribution in [2.45, 2.75) is 153 Å². The van der Waals surface area contributed by atoms with Crippen LogP contribution in [0.4, 0.5) is 0 Å². The molecule has 292 valence electrons. The number of ketones is 1. The molecular formula is C44H62O9. The fourth-order valence-corrected chi connectivity index (χ4v) is 10.1. The Morgan fingerprint density at radius 2 is 1.57 bits per heavy atom. The maximum atomic E-state index is 13.9. The van der Waals surface area contributed by atoms with Crippen LogP contribution in [0.1, 0.15) is 123 Å². The summed E-state index contributed by atoms with van der Waals surface area (Å²) < 4.78 is 37.8. The van der Waals surface area contributed by atoms with E-state index in [9.17, 15) is 14.7 Å². The summed E-state index contributed by atoms with van der Waals surface area (Å²) >= 11 is 0. The molecule has 53 heavy (non-hydrogen) atoms. The van der Waals surface area contributed by atoms with Crippen LogP contribution in [0.2, 0.25) is 0 Å². The van der Waals surface area contributed by atoms with Gasteiger partial charge in [-0.3, -0.25) is 9.59 Å². The lowest BCUT2D eigenvalue weighted by atomic mass is 9.55. The Morgan fingerprint density at radius 1 is 0.943 bits per heavy atom. The van der Waals surface area contributed by atoms with Crippen LogP contribution < -0.4 is 9.47 Å². The first-order valence-electron chi connectivity index (χ1n) is 20.1. The number of Topliss-reactive ketones (excluding diaryl/α,β-unsaturated/α-hetero) is 1. The highest BCUT2D eigenvalue weighted by atomic mass is 16.9. The van der Waals surface area contributed by atoms with Crippen LogP contribution >= 0.6 is 0 Å². The number of hydrogen-bond acceptors (Lipinski definition) is 9. The lowest BCUT2D eigenvalue weighted by Crippen LogP contribution is -2.70. The van der Waals surface area contributed by atoms with Crippen molar-refractivity contribution >= 4 is 11.8 Å². The summed E-state index contributed by atoms with van der Waals surface area (Å²) in [5.74, 6) is -2.06. The summed E-state index contributed by atoms with van der Waals surface area (Å²) in [4.78, 5) is 27.1. The van der Waals surface area contributed by atoms with E-state index in [1.165, 1.54) is 51.4 Å². The average molecular weight is 735 g/mol. The normalized spacial score (nSPS) is 33.8. The molecule has 2 heterocycles. The van der Waals surface area contributed by atoms with Crippen LogP contribution in [0, 0.1) is 17.8 Å². The van der Waals surface area contributed by atoms with Gasteiger partial charge in [0.05, 0.1) is 26.2 Å². The zero-order valence-corrected chi connectivity index (χ0v) is 32.9. The summed E-state index contributed by atoms with van der Waals surface area (Å²) in [5.41, 5.74) is -0.815. The molecule has 0 spiro atoms. The highest BCUT2D eigenvalue weighted by molar-refractivity contribution is 6.04. The Balaban J connectivity index is 1.22. The summed E-state index contributed by atoms with van der Waals surface area (Å²) in [6, 6.07) is 5.28. The van der Waals surface area contributed by atoms with Gasteiger partial charge in [-0.2, -0.15) is 0 Å². The van der Waals surface area contributed by atoms with Gasteiger partial charge in [-0.25, -0.2) is 0 Å². The molecule has 6 rings (SSSR count). The summed E-state index contributed by atoms with van der Waals surface area (Å²) in [6.45, 7) is 12.5. The standard InChI is InChI=1S/C44H62O9/c1-8-9-10-11-12-13-14-15-16-17-18-19-43-51-40-36-23-33(28-50-38(45)24-32-21-34(48-6)25-35(22-32)49-7)27-41(47)37(20-30(4)39(41)46)44(36,53-43)31(5)26-42(40,52-43)29(2)3/h20-23,25,31,36-37,40,47H,2,8-19,24,26-28H2,1,3-7H3/t31-,36+,37-,40-,41-,42-,43-,44-/m1/s1. The molecule has 9 heteroatoms. The molecule has 8 atom stereocenters. The molecule has 1 saturated carbocycles. The number of methoxy groups -OCH3 is 2. The van der Waals surface area contributed by atoms with Gasteiger partial charge >= 0.3 is 5.97 Å². The fourth-order valence-electron chi connectivity index (χ4n) is 10.1.